The van der Waals surface area contributed by atoms with Gasteiger partial charge in [0.25, 0.3) is 0 Å². The van der Waals surface area contributed by atoms with E-state index in [0.29, 0.717) is 0 Å². The minimum Gasteiger partial charge on any atom is -0.495 e. The fourth-order valence-corrected chi connectivity index (χ4v) is 2.99. The number of primary sulfonamides is 1. The number of hydrogen-bond acceptors (Lipinski definition) is 5. The molecule has 2 N–H and O–H groups in total. The molecule has 0 amide bonds. The van der Waals surface area contributed by atoms with Gasteiger partial charge in [-0.2, -0.15) is 0 Å². The van der Waals surface area contributed by atoms with Gasteiger partial charge in [0, 0.05) is 5.56 Å². The summed E-state index contributed by atoms with van der Waals surface area (Å²) >= 11 is 0. The van der Waals surface area contributed by atoms with E-state index < -0.39 is 15.8 Å². The summed E-state index contributed by atoms with van der Waals surface area (Å²) in [5, 5.41) is 9.15. The van der Waals surface area contributed by atoms with Gasteiger partial charge in [0.15, 0.2) is 5.58 Å². The van der Waals surface area contributed by atoms with E-state index in [9.17, 15) is 12.8 Å². The van der Waals surface area contributed by atoms with Crippen LogP contribution in [0.25, 0.3) is 22.2 Å². The van der Waals surface area contributed by atoms with Gasteiger partial charge in [0.1, 0.15) is 22.2 Å². The molecule has 3 aromatic rings. The topological polar surface area (TPSA) is 95.4 Å². The van der Waals surface area contributed by atoms with E-state index in [1.54, 1.807) is 12.1 Å². The monoisotopic (exact) mass is 322 g/mol. The molecular formula is C14H11FN2O4S. The van der Waals surface area contributed by atoms with Gasteiger partial charge in [-0.15, -0.1) is 0 Å². The Labute approximate surface area is 125 Å². The maximum Gasteiger partial charge on any atom is 0.241 e. The molecule has 0 saturated carbocycles. The predicted octanol–water partition coefficient (Wildman–Crippen LogP) is 2.29. The number of nitrogens with zero attached hydrogens (tertiary/aromatic N) is 1. The van der Waals surface area contributed by atoms with Crippen LogP contribution in [0.1, 0.15) is 0 Å². The van der Waals surface area contributed by atoms with Gasteiger partial charge in [-0.1, -0.05) is 17.3 Å². The van der Waals surface area contributed by atoms with Gasteiger partial charge in [-0.3, -0.25) is 0 Å². The molecule has 0 fully saturated rings. The molecule has 22 heavy (non-hydrogen) atoms. The van der Waals surface area contributed by atoms with Crippen molar-refractivity contribution in [2.24, 2.45) is 5.14 Å². The Hall–Kier alpha value is -2.45. The van der Waals surface area contributed by atoms with E-state index in [1.165, 1.54) is 31.4 Å². The van der Waals surface area contributed by atoms with Crippen molar-refractivity contribution in [2.75, 3.05) is 7.11 Å². The molecule has 0 saturated heterocycles. The summed E-state index contributed by atoms with van der Waals surface area (Å²) in [6.45, 7) is 0. The Morgan fingerprint density at radius 2 is 1.95 bits per heavy atom. The molecule has 0 aliphatic heterocycles. The summed E-state index contributed by atoms with van der Waals surface area (Å²) in [6.07, 6.45) is 0. The normalized spacial score (nSPS) is 11.8. The summed E-state index contributed by atoms with van der Waals surface area (Å²) in [6, 6.07) is 8.64. The molecule has 0 aliphatic rings. The zero-order chi connectivity index (χ0) is 15.9. The minimum atomic E-state index is -4.00. The number of hydrogen-bond donors (Lipinski definition) is 1. The molecule has 1 heterocycles. The number of aromatic nitrogens is 1. The molecule has 0 bridgehead atoms. The molecule has 0 aliphatic carbocycles. The standard InChI is InChI=1S/C14H11FN2O4S/c1-20-14-8(4-2-7-11(14)22(16,18)19)13-12-9(15)5-3-6-10(12)21-17-13/h2-7H,1H3,(H2,16,18,19). The van der Waals surface area contributed by atoms with Crippen LogP contribution in [0.3, 0.4) is 0 Å². The van der Waals surface area contributed by atoms with E-state index in [0.717, 1.165) is 0 Å². The molecule has 0 radical (unpaired) electrons. The number of para-hydroxylation sites is 1. The average molecular weight is 322 g/mol. The van der Waals surface area contributed by atoms with Gasteiger partial charge in [-0.05, 0) is 24.3 Å². The summed E-state index contributed by atoms with van der Waals surface area (Å²) in [5.74, 6) is -0.541. The SMILES string of the molecule is COc1c(-c2noc3cccc(F)c23)cccc1S(N)(=O)=O. The molecule has 0 unspecified atom stereocenters. The minimum absolute atomic E-state index is 0.0107. The Morgan fingerprint density at radius 3 is 2.64 bits per heavy atom. The summed E-state index contributed by atoms with van der Waals surface area (Å²) in [4.78, 5) is -0.208. The Kier molecular flexibility index (Phi) is 3.34. The van der Waals surface area contributed by atoms with Crippen molar-refractivity contribution < 1.29 is 22.1 Å². The molecule has 114 valence electrons. The van der Waals surface area contributed by atoms with Gasteiger partial charge in [0.2, 0.25) is 10.0 Å². The van der Waals surface area contributed by atoms with Crippen molar-refractivity contribution in [1.82, 2.24) is 5.16 Å². The van der Waals surface area contributed by atoms with Crippen LogP contribution in [0, 0.1) is 5.82 Å². The van der Waals surface area contributed by atoms with E-state index >= 15 is 0 Å². The molecule has 2 aromatic carbocycles. The second kappa shape index (κ2) is 5.08. The van der Waals surface area contributed by atoms with Crippen molar-refractivity contribution >= 4 is 21.0 Å². The number of sulfonamides is 1. The third kappa shape index (κ3) is 2.22. The third-order valence-corrected chi connectivity index (χ3v) is 4.13. The van der Waals surface area contributed by atoms with Gasteiger partial charge in [0.05, 0.1) is 12.5 Å². The van der Waals surface area contributed by atoms with Crippen molar-refractivity contribution in [3.63, 3.8) is 0 Å². The molecular weight excluding hydrogens is 311 g/mol. The quantitative estimate of drug-likeness (QED) is 0.798. The summed E-state index contributed by atoms with van der Waals surface area (Å²) < 4.78 is 47.6. The zero-order valence-electron chi connectivity index (χ0n) is 11.4. The maximum atomic E-state index is 14.1. The average Bonchev–Trinajstić information content (AvgIpc) is 2.90. The fraction of sp³-hybridized carbons (Fsp3) is 0.0714. The smallest absolute Gasteiger partial charge is 0.241 e. The first kappa shape index (κ1) is 14.5. The number of halogens is 1. The lowest BCUT2D eigenvalue weighted by atomic mass is 10.1. The largest absolute Gasteiger partial charge is 0.495 e. The molecule has 6 nitrogen and oxygen atoms in total. The second-order valence-corrected chi connectivity index (χ2v) is 6.06. The number of rotatable bonds is 3. The number of methoxy groups -OCH3 is 1. The van der Waals surface area contributed by atoms with E-state index in [1.807, 2.05) is 0 Å². The highest BCUT2D eigenvalue weighted by molar-refractivity contribution is 7.89. The first-order chi connectivity index (χ1) is 10.4. The molecule has 1 aromatic heterocycles. The van der Waals surface area contributed by atoms with Crippen LogP contribution in [0.15, 0.2) is 45.8 Å². The van der Waals surface area contributed by atoms with Crippen LogP contribution < -0.4 is 9.88 Å². The molecule has 3 rings (SSSR count). The highest BCUT2D eigenvalue weighted by Crippen LogP contribution is 2.38. The van der Waals surface area contributed by atoms with Crippen molar-refractivity contribution in [3.8, 4) is 17.0 Å². The number of benzene rings is 2. The lowest BCUT2D eigenvalue weighted by Crippen LogP contribution is -2.13. The van der Waals surface area contributed by atoms with Gasteiger partial charge < -0.3 is 9.26 Å². The molecule has 0 spiro atoms. The van der Waals surface area contributed by atoms with Crippen LogP contribution in [0.4, 0.5) is 4.39 Å². The lowest BCUT2D eigenvalue weighted by molar-refractivity contribution is 0.403. The van der Waals surface area contributed by atoms with Crippen molar-refractivity contribution in [1.29, 1.82) is 0 Å². The predicted molar refractivity (Wildman–Crippen MR) is 77.3 cm³/mol. The van der Waals surface area contributed by atoms with E-state index in [-0.39, 0.29) is 32.9 Å². The lowest BCUT2D eigenvalue weighted by Gasteiger charge is -2.10. The number of ether oxygens (including phenoxy) is 1. The second-order valence-electron chi connectivity index (χ2n) is 4.53. The number of fused-ring (bicyclic) bond motifs is 1. The van der Waals surface area contributed by atoms with Crippen LogP contribution in [0.5, 0.6) is 5.75 Å². The maximum absolute atomic E-state index is 14.1. The van der Waals surface area contributed by atoms with Crippen LogP contribution in [-0.4, -0.2) is 20.7 Å². The van der Waals surface area contributed by atoms with E-state index in [2.05, 4.69) is 5.16 Å². The van der Waals surface area contributed by atoms with Crippen LogP contribution in [-0.2, 0) is 10.0 Å². The highest BCUT2D eigenvalue weighted by Gasteiger charge is 2.23. The zero-order valence-corrected chi connectivity index (χ0v) is 12.2. The fourth-order valence-electron chi connectivity index (χ4n) is 2.27. The van der Waals surface area contributed by atoms with Crippen LogP contribution in [0.2, 0.25) is 0 Å². The summed E-state index contributed by atoms with van der Waals surface area (Å²) in [7, 11) is -2.70. The molecule has 8 heteroatoms. The number of nitrogens with two attached hydrogens (primary N) is 1. The van der Waals surface area contributed by atoms with Gasteiger partial charge >= 0.3 is 0 Å². The van der Waals surface area contributed by atoms with Crippen molar-refractivity contribution in [3.05, 3.63) is 42.2 Å². The first-order valence-corrected chi connectivity index (χ1v) is 7.72. The van der Waals surface area contributed by atoms with Crippen LogP contribution >= 0.6 is 0 Å². The Bertz CT molecular complexity index is 966. The van der Waals surface area contributed by atoms with E-state index in [4.69, 9.17) is 14.4 Å². The third-order valence-electron chi connectivity index (χ3n) is 3.19. The molecule has 0 atom stereocenters. The Morgan fingerprint density at radius 1 is 1.23 bits per heavy atom. The summed E-state index contributed by atoms with van der Waals surface area (Å²) in [5.41, 5.74) is 0.673. The first-order valence-electron chi connectivity index (χ1n) is 6.17. The Balaban J connectivity index is 2.37. The highest BCUT2D eigenvalue weighted by atomic mass is 32.2. The van der Waals surface area contributed by atoms with Gasteiger partial charge in [-0.25, -0.2) is 17.9 Å². The van der Waals surface area contributed by atoms with Crippen molar-refractivity contribution in [2.45, 2.75) is 4.90 Å².